The lowest BCUT2D eigenvalue weighted by Gasteiger charge is -2.13. The summed E-state index contributed by atoms with van der Waals surface area (Å²) in [6.07, 6.45) is 1.01. The van der Waals surface area contributed by atoms with Gasteiger partial charge in [0.1, 0.15) is 0 Å². The number of aryl methyl sites for hydroxylation is 1. The molecule has 2 rings (SSSR count). The van der Waals surface area contributed by atoms with Crippen molar-refractivity contribution in [1.29, 1.82) is 0 Å². The van der Waals surface area contributed by atoms with E-state index in [1.54, 1.807) is 0 Å². The van der Waals surface area contributed by atoms with E-state index < -0.39 is 0 Å². The summed E-state index contributed by atoms with van der Waals surface area (Å²) >= 11 is 0. The van der Waals surface area contributed by atoms with E-state index in [0.717, 1.165) is 6.42 Å². The first-order valence-corrected chi connectivity index (χ1v) is 4.19. The minimum Gasteiger partial charge on any atom is -0.348 e. The number of rotatable bonds is 0. The highest BCUT2D eigenvalue weighted by Gasteiger charge is 2.18. The molecule has 0 N–H and O–H groups in total. The number of likely N-dealkylation sites (N-methyl/N-ethyl adjacent to an activating group) is 1. The maximum Gasteiger partial charge on any atom is 0.0444 e. The van der Waals surface area contributed by atoms with Crippen molar-refractivity contribution in [2.75, 3.05) is 11.9 Å². The highest BCUT2D eigenvalue weighted by Crippen LogP contribution is 2.32. The Kier molecular flexibility index (Phi) is 1.47. The molecule has 0 atom stereocenters. The van der Waals surface area contributed by atoms with E-state index in [-0.39, 0.29) is 0 Å². The van der Waals surface area contributed by atoms with Crippen LogP contribution in [0.15, 0.2) is 30.5 Å². The molecule has 0 saturated heterocycles. The van der Waals surface area contributed by atoms with Gasteiger partial charge in [0.15, 0.2) is 0 Å². The van der Waals surface area contributed by atoms with E-state index >= 15 is 0 Å². The fourth-order valence-electron chi connectivity index (χ4n) is 1.64. The van der Waals surface area contributed by atoms with Gasteiger partial charge in [-0.3, -0.25) is 0 Å². The molecule has 12 heavy (non-hydrogen) atoms. The van der Waals surface area contributed by atoms with Crippen molar-refractivity contribution in [2.45, 2.75) is 13.3 Å². The first-order valence-electron chi connectivity index (χ1n) is 4.19. The van der Waals surface area contributed by atoms with Crippen molar-refractivity contribution in [3.8, 4) is 0 Å². The van der Waals surface area contributed by atoms with Crippen molar-refractivity contribution in [2.24, 2.45) is 0 Å². The van der Waals surface area contributed by atoms with Crippen molar-refractivity contribution in [3.05, 3.63) is 41.6 Å². The van der Waals surface area contributed by atoms with Crippen molar-refractivity contribution in [1.82, 2.24) is 0 Å². The largest absolute Gasteiger partial charge is 0.348 e. The molecule has 62 valence electrons. The second-order valence-corrected chi connectivity index (χ2v) is 3.43. The van der Waals surface area contributed by atoms with E-state index in [1.807, 2.05) is 0 Å². The zero-order chi connectivity index (χ0) is 8.72. The highest BCUT2D eigenvalue weighted by molar-refractivity contribution is 5.64. The fraction of sp³-hybridized carbons (Fsp3) is 0.273. The summed E-state index contributed by atoms with van der Waals surface area (Å²) in [5.41, 5.74) is 5.22. The van der Waals surface area contributed by atoms with Crippen LogP contribution < -0.4 is 4.90 Å². The van der Waals surface area contributed by atoms with Crippen LogP contribution in [0.3, 0.4) is 0 Å². The van der Waals surface area contributed by atoms with Crippen LogP contribution in [0.4, 0.5) is 5.69 Å². The maximum atomic E-state index is 4.01. The van der Waals surface area contributed by atoms with Crippen molar-refractivity contribution < 1.29 is 0 Å². The molecule has 1 aromatic rings. The second kappa shape index (κ2) is 2.37. The average Bonchev–Trinajstić information content (AvgIpc) is 2.31. The molecule has 0 amide bonds. The third-order valence-electron chi connectivity index (χ3n) is 2.47. The van der Waals surface area contributed by atoms with E-state index in [1.165, 1.54) is 22.5 Å². The molecule has 1 nitrogen and oxygen atoms in total. The van der Waals surface area contributed by atoms with Gasteiger partial charge in [-0.25, -0.2) is 0 Å². The van der Waals surface area contributed by atoms with Crippen molar-refractivity contribution in [3.63, 3.8) is 0 Å². The van der Waals surface area contributed by atoms with Gasteiger partial charge in [-0.2, -0.15) is 0 Å². The number of benzene rings is 1. The molecule has 0 radical (unpaired) electrons. The Hall–Kier alpha value is -1.24. The van der Waals surface area contributed by atoms with Crippen LogP contribution in [0.2, 0.25) is 0 Å². The number of fused-ring (bicyclic) bond motifs is 1. The predicted octanol–water partition coefficient (Wildman–Crippen LogP) is 2.50. The smallest absolute Gasteiger partial charge is 0.0444 e. The number of allylic oxidation sites excluding steroid dienone is 1. The molecular formula is C11H13N. The Bertz CT molecular complexity index is 339. The quantitative estimate of drug-likeness (QED) is 0.562. The Morgan fingerprint density at radius 1 is 1.42 bits per heavy atom. The standard InChI is InChI=1S/C11H13N/c1-8-4-5-10-7-9(2)12(3)11(10)6-8/h4-6H,2,7H2,1,3H3. The van der Waals surface area contributed by atoms with Gasteiger partial charge in [0.05, 0.1) is 0 Å². The normalized spacial score (nSPS) is 15.2. The lowest BCUT2D eigenvalue weighted by atomic mass is 10.1. The van der Waals surface area contributed by atoms with Gasteiger partial charge >= 0.3 is 0 Å². The number of hydrogen-bond acceptors (Lipinski definition) is 1. The summed E-state index contributed by atoms with van der Waals surface area (Å²) in [4.78, 5) is 2.17. The van der Waals surface area contributed by atoms with Crippen LogP contribution in [-0.2, 0) is 6.42 Å². The molecule has 1 aliphatic heterocycles. The summed E-state index contributed by atoms with van der Waals surface area (Å²) in [5.74, 6) is 0. The van der Waals surface area contributed by atoms with Crippen LogP contribution in [0.1, 0.15) is 11.1 Å². The number of nitrogens with zero attached hydrogens (tertiary/aromatic N) is 1. The van der Waals surface area contributed by atoms with Crippen LogP contribution in [0.5, 0.6) is 0 Å². The van der Waals surface area contributed by atoms with E-state index in [0.29, 0.717) is 0 Å². The molecule has 0 spiro atoms. The Morgan fingerprint density at radius 3 is 2.92 bits per heavy atom. The minimum atomic E-state index is 1.01. The van der Waals surface area contributed by atoms with Gasteiger partial charge in [0.2, 0.25) is 0 Å². The summed E-state index contributed by atoms with van der Waals surface area (Å²) in [7, 11) is 2.08. The molecule has 0 unspecified atom stereocenters. The lowest BCUT2D eigenvalue weighted by molar-refractivity contribution is 1.11. The van der Waals surface area contributed by atoms with E-state index in [4.69, 9.17) is 0 Å². The van der Waals surface area contributed by atoms with Crippen LogP contribution in [-0.4, -0.2) is 7.05 Å². The summed E-state index contributed by atoms with van der Waals surface area (Å²) in [5, 5.41) is 0. The Morgan fingerprint density at radius 2 is 2.17 bits per heavy atom. The molecule has 1 aliphatic rings. The molecule has 0 aliphatic carbocycles. The zero-order valence-electron chi connectivity index (χ0n) is 7.59. The van der Waals surface area contributed by atoms with Gasteiger partial charge in [-0.05, 0) is 24.1 Å². The van der Waals surface area contributed by atoms with Gasteiger partial charge in [-0.1, -0.05) is 18.7 Å². The summed E-state index contributed by atoms with van der Waals surface area (Å²) in [6.45, 7) is 6.13. The molecule has 0 fully saturated rings. The molecular weight excluding hydrogens is 146 g/mol. The second-order valence-electron chi connectivity index (χ2n) is 3.43. The van der Waals surface area contributed by atoms with Crippen LogP contribution in [0, 0.1) is 6.92 Å². The molecule has 0 saturated carbocycles. The Labute approximate surface area is 73.3 Å². The molecule has 0 aromatic heterocycles. The number of anilines is 1. The van der Waals surface area contributed by atoms with E-state index in [9.17, 15) is 0 Å². The minimum absolute atomic E-state index is 1.01. The van der Waals surface area contributed by atoms with Gasteiger partial charge in [0.25, 0.3) is 0 Å². The van der Waals surface area contributed by atoms with Crippen LogP contribution in [0.25, 0.3) is 0 Å². The third kappa shape index (κ3) is 0.934. The average molecular weight is 159 g/mol. The first-order chi connectivity index (χ1) is 5.68. The van der Waals surface area contributed by atoms with E-state index in [2.05, 4.69) is 43.6 Å². The van der Waals surface area contributed by atoms with Gasteiger partial charge in [-0.15, -0.1) is 0 Å². The first kappa shape index (κ1) is 7.41. The van der Waals surface area contributed by atoms with Crippen LogP contribution >= 0.6 is 0 Å². The fourth-order valence-corrected chi connectivity index (χ4v) is 1.64. The predicted molar refractivity (Wildman–Crippen MR) is 52.4 cm³/mol. The lowest BCUT2D eigenvalue weighted by Crippen LogP contribution is -2.09. The zero-order valence-corrected chi connectivity index (χ0v) is 7.59. The third-order valence-corrected chi connectivity index (χ3v) is 2.47. The van der Waals surface area contributed by atoms with Gasteiger partial charge in [0, 0.05) is 24.9 Å². The maximum absolute atomic E-state index is 4.01. The summed E-state index contributed by atoms with van der Waals surface area (Å²) in [6, 6.07) is 6.57. The SMILES string of the molecule is C=C1Cc2ccc(C)cc2N1C. The molecule has 1 heterocycles. The molecule has 1 aromatic carbocycles. The molecule has 0 bridgehead atoms. The topological polar surface area (TPSA) is 3.24 Å². The molecule has 1 heteroatoms. The van der Waals surface area contributed by atoms with Gasteiger partial charge < -0.3 is 4.90 Å². The summed E-state index contributed by atoms with van der Waals surface area (Å²) < 4.78 is 0. The number of hydrogen-bond donors (Lipinski definition) is 0. The van der Waals surface area contributed by atoms with Crippen molar-refractivity contribution >= 4 is 5.69 Å². The Balaban J connectivity index is 2.55. The monoisotopic (exact) mass is 159 g/mol. The highest BCUT2D eigenvalue weighted by atomic mass is 15.1.